The van der Waals surface area contributed by atoms with Crippen LogP contribution in [0.5, 0.6) is 0 Å². The third kappa shape index (κ3) is 1.50. The van der Waals surface area contributed by atoms with Gasteiger partial charge < -0.3 is 5.32 Å². The molecule has 0 aliphatic carbocycles. The van der Waals surface area contributed by atoms with Gasteiger partial charge in [-0.15, -0.1) is 11.3 Å². The zero-order valence-electron chi connectivity index (χ0n) is 8.79. The fourth-order valence-electron chi connectivity index (χ4n) is 1.60. The molecule has 0 amide bonds. The second-order valence-corrected chi connectivity index (χ2v) is 4.72. The van der Waals surface area contributed by atoms with Crippen LogP contribution >= 0.6 is 11.3 Å². The average molecular weight is 205 g/mol. The van der Waals surface area contributed by atoms with E-state index in [1.54, 1.807) is 11.3 Å². The van der Waals surface area contributed by atoms with Gasteiger partial charge in [-0.1, -0.05) is 19.9 Å². The van der Waals surface area contributed by atoms with E-state index in [9.17, 15) is 0 Å². The van der Waals surface area contributed by atoms with Crippen LogP contribution in [0.1, 0.15) is 25.3 Å². The minimum absolute atomic E-state index is 0.601. The topological polar surface area (TPSA) is 12.0 Å². The summed E-state index contributed by atoms with van der Waals surface area (Å²) in [4.78, 5) is 0. The van der Waals surface area contributed by atoms with Gasteiger partial charge in [0.15, 0.2) is 0 Å². The Balaban J connectivity index is 2.61. The van der Waals surface area contributed by atoms with Crippen molar-refractivity contribution >= 4 is 27.1 Å². The summed E-state index contributed by atoms with van der Waals surface area (Å²) in [6, 6.07) is 6.74. The van der Waals surface area contributed by atoms with E-state index in [1.165, 1.54) is 21.3 Å². The lowest BCUT2D eigenvalue weighted by molar-refractivity contribution is 0.869. The summed E-state index contributed by atoms with van der Waals surface area (Å²) in [7, 11) is 1.98. The Bertz CT molecular complexity index is 443. The lowest BCUT2D eigenvalue weighted by Crippen LogP contribution is -1.88. The van der Waals surface area contributed by atoms with Crippen LogP contribution in [0.3, 0.4) is 0 Å². The molecule has 0 saturated carbocycles. The van der Waals surface area contributed by atoms with Gasteiger partial charge in [-0.3, -0.25) is 0 Å². The van der Waals surface area contributed by atoms with Crippen molar-refractivity contribution in [2.45, 2.75) is 19.8 Å². The van der Waals surface area contributed by atoms with Gasteiger partial charge in [0.05, 0.1) is 5.69 Å². The Kier molecular flexibility index (Phi) is 2.46. The first-order chi connectivity index (χ1) is 6.72. The molecule has 2 rings (SSSR count). The molecular weight excluding hydrogens is 190 g/mol. The maximum Gasteiger partial charge on any atom is 0.0526 e. The van der Waals surface area contributed by atoms with E-state index in [1.807, 2.05) is 7.05 Å². The summed E-state index contributed by atoms with van der Waals surface area (Å²) < 4.78 is 1.36. The summed E-state index contributed by atoms with van der Waals surface area (Å²) in [6.07, 6.45) is 0. The third-order valence-corrected chi connectivity index (χ3v) is 3.50. The highest BCUT2D eigenvalue weighted by Gasteiger charge is 2.05. The number of hydrogen-bond donors (Lipinski definition) is 1. The van der Waals surface area contributed by atoms with Gasteiger partial charge in [0, 0.05) is 22.5 Å². The highest BCUT2D eigenvalue weighted by Crippen LogP contribution is 2.32. The Morgan fingerprint density at radius 1 is 1.29 bits per heavy atom. The van der Waals surface area contributed by atoms with Gasteiger partial charge >= 0.3 is 0 Å². The Hall–Kier alpha value is -1.02. The highest BCUT2D eigenvalue weighted by atomic mass is 32.1. The minimum atomic E-state index is 0.601. The average Bonchev–Trinajstić information content (AvgIpc) is 2.59. The normalized spacial score (nSPS) is 11.1. The number of rotatable bonds is 2. The molecule has 0 unspecified atom stereocenters. The molecule has 0 bridgehead atoms. The maximum atomic E-state index is 3.23. The SMILES string of the molecule is CNc1csc2ccc(C(C)C)cc12. The zero-order valence-corrected chi connectivity index (χ0v) is 9.61. The van der Waals surface area contributed by atoms with Gasteiger partial charge in [0.25, 0.3) is 0 Å². The number of fused-ring (bicyclic) bond motifs is 1. The lowest BCUT2D eigenvalue weighted by atomic mass is 10.0. The van der Waals surface area contributed by atoms with E-state index < -0.39 is 0 Å². The summed E-state index contributed by atoms with van der Waals surface area (Å²) in [5.41, 5.74) is 2.65. The lowest BCUT2D eigenvalue weighted by Gasteiger charge is -2.05. The van der Waals surface area contributed by atoms with E-state index in [4.69, 9.17) is 0 Å². The van der Waals surface area contributed by atoms with Crippen molar-refractivity contribution in [1.82, 2.24) is 0 Å². The molecule has 0 saturated heterocycles. The first-order valence-corrected chi connectivity index (χ1v) is 5.79. The van der Waals surface area contributed by atoms with Crippen LogP contribution in [0.25, 0.3) is 10.1 Å². The molecule has 1 N–H and O–H groups in total. The van der Waals surface area contributed by atoms with Gasteiger partial charge in [0.2, 0.25) is 0 Å². The molecule has 0 radical (unpaired) electrons. The smallest absolute Gasteiger partial charge is 0.0526 e. The van der Waals surface area contributed by atoms with Crippen molar-refractivity contribution in [3.63, 3.8) is 0 Å². The number of nitrogens with one attached hydrogen (secondary N) is 1. The van der Waals surface area contributed by atoms with Crippen molar-refractivity contribution in [1.29, 1.82) is 0 Å². The van der Waals surface area contributed by atoms with E-state index in [2.05, 4.69) is 42.7 Å². The number of anilines is 1. The maximum absolute atomic E-state index is 3.23. The molecule has 0 aliphatic heterocycles. The van der Waals surface area contributed by atoms with Crippen LogP contribution in [0.15, 0.2) is 23.6 Å². The molecule has 0 aliphatic rings. The largest absolute Gasteiger partial charge is 0.387 e. The van der Waals surface area contributed by atoms with E-state index in [0.717, 1.165) is 0 Å². The second kappa shape index (κ2) is 3.62. The first-order valence-electron chi connectivity index (χ1n) is 4.91. The van der Waals surface area contributed by atoms with Crippen LogP contribution in [-0.4, -0.2) is 7.05 Å². The molecule has 0 fully saturated rings. The van der Waals surface area contributed by atoms with Crippen molar-refractivity contribution in [3.8, 4) is 0 Å². The van der Waals surface area contributed by atoms with Crippen LogP contribution in [0, 0.1) is 0 Å². The molecule has 1 aromatic carbocycles. The van der Waals surface area contributed by atoms with Gasteiger partial charge in [0.1, 0.15) is 0 Å². The van der Waals surface area contributed by atoms with Crippen molar-refractivity contribution < 1.29 is 0 Å². The summed E-state index contributed by atoms with van der Waals surface area (Å²) in [5.74, 6) is 0.601. The Morgan fingerprint density at radius 2 is 2.07 bits per heavy atom. The quantitative estimate of drug-likeness (QED) is 0.779. The molecule has 0 atom stereocenters. The molecular formula is C12H15NS. The molecule has 2 aromatic rings. The molecule has 74 valence electrons. The minimum Gasteiger partial charge on any atom is -0.387 e. The predicted molar refractivity (Wildman–Crippen MR) is 65.5 cm³/mol. The van der Waals surface area contributed by atoms with Crippen LogP contribution in [0.2, 0.25) is 0 Å². The monoisotopic (exact) mass is 205 g/mol. The standard InChI is InChI=1S/C12H15NS/c1-8(2)9-4-5-12-10(6-9)11(13-3)7-14-12/h4-8,13H,1-3H3. The summed E-state index contributed by atoms with van der Waals surface area (Å²) >= 11 is 1.80. The Morgan fingerprint density at radius 3 is 2.71 bits per heavy atom. The van der Waals surface area contributed by atoms with E-state index in [-0.39, 0.29) is 0 Å². The number of hydrogen-bond acceptors (Lipinski definition) is 2. The van der Waals surface area contributed by atoms with Gasteiger partial charge in [-0.05, 0) is 23.6 Å². The fraction of sp³-hybridized carbons (Fsp3) is 0.333. The first kappa shape index (κ1) is 9.53. The van der Waals surface area contributed by atoms with E-state index >= 15 is 0 Å². The highest BCUT2D eigenvalue weighted by molar-refractivity contribution is 7.17. The second-order valence-electron chi connectivity index (χ2n) is 3.81. The molecule has 2 heteroatoms. The van der Waals surface area contributed by atoms with Gasteiger partial charge in [-0.2, -0.15) is 0 Å². The molecule has 1 heterocycles. The molecule has 1 aromatic heterocycles. The van der Waals surface area contributed by atoms with Crippen molar-refractivity contribution in [3.05, 3.63) is 29.1 Å². The molecule has 0 spiro atoms. The summed E-state index contributed by atoms with van der Waals surface area (Å²) in [5, 5.41) is 6.75. The summed E-state index contributed by atoms with van der Waals surface area (Å²) in [6.45, 7) is 4.46. The number of benzene rings is 1. The number of thiophene rings is 1. The van der Waals surface area contributed by atoms with Crippen LogP contribution < -0.4 is 5.32 Å². The predicted octanol–water partition coefficient (Wildman–Crippen LogP) is 4.07. The van der Waals surface area contributed by atoms with E-state index in [0.29, 0.717) is 5.92 Å². The molecule has 1 nitrogen and oxygen atoms in total. The Labute approximate surface area is 88.8 Å². The van der Waals surface area contributed by atoms with Crippen molar-refractivity contribution in [2.24, 2.45) is 0 Å². The zero-order chi connectivity index (χ0) is 10.1. The van der Waals surface area contributed by atoms with Crippen LogP contribution in [0.4, 0.5) is 5.69 Å². The van der Waals surface area contributed by atoms with Crippen LogP contribution in [-0.2, 0) is 0 Å². The van der Waals surface area contributed by atoms with Gasteiger partial charge in [-0.25, -0.2) is 0 Å². The van der Waals surface area contributed by atoms with Crippen molar-refractivity contribution in [2.75, 3.05) is 12.4 Å². The third-order valence-electron chi connectivity index (χ3n) is 2.53. The fourth-order valence-corrected chi connectivity index (χ4v) is 2.53. The molecule has 14 heavy (non-hydrogen) atoms.